The van der Waals surface area contributed by atoms with Gasteiger partial charge in [0.25, 0.3) is 5.91 Å². The molecule has 1 fully saturated rings. The second kappa shape index (κ2) is 9.62. The van der Waals surface area contributed by atoms with E-state index in [9.17, 15) is 19.8 Å². The second-order valence-corrected chi connectivity index (χ2v) is 7.48. The van der Waals surface area contributed by atoms with E-state index in [1.807, 2.05) is 42.5 Å². The van der Waals surface area contributed by atoms with Crippen LogP contribution in [0.2, 0.25) is 0 Å². The lowest BCUT2D eigenvalue weighted by molar-refractivity contribution is -0.142. The number of rotatable bonds is 8. The fraction of sp³-hybridized carbons (Fsp3) is 0.391. The lowest BCUT2D eigenvalue weighted by atomic mass is 9.97. The van der Waals surface area contributed by atoms with Crippen molar-refractivity contribution >= 4 is 17.4 Å². The van der Waals surface area contributed by atoms with Crippen molar-refractivity contribution in [2.24, 2.45) is 5.92 Å². The van der Waals surface area contributed by atoms with E-state index in [0.29, 0.717) is 18.0 Å². The Morgan fingerprint density at radius 3 is 2.14 bits per heavy atom. The maximum atomic E-state index is 12.2. The Kier molecular flexibility index (Phi) is 6.95. The SMILES string of the molecule is O=C(CCC1CCCC1)[C@H](O)[C@@H](O)C(=O)Nc1ccc(-c2ccccc2)cc1. The van der Waals surface area contributed by atoms with Gasteiger partial charge in [-0.25, -0.2) is 0 Å². The molecule has 1 saturated carbocycles. The van der Waals surface area contributed by atoms with Crippen molar-refractivity contribution in [1.29, 1.82) is 0 Å². The average Bonchev–Trinajstić information content (AvgIpc) is 3.25. The normalized spacial score (nSPS) is 16.5. The standard InChI is InChI=1S/C23H27NO4/c25-20(15-10-16-6-4-5-7-16)21(26)22(27)23(28)24-19-13-11-18(12-14-19)17-8-2-1-3-9-17/h1-3,8-9,11-14,16,21-22,26-27H,4-7,10,15H2,(H,24,28)/t21-,22+/m0/s1. The monoisotopic (exact) mass is 381 g/mol. The zero-order chi connectivity index (χ0) is 19.9. The number of ketones is 1. The topological polar surface area (TPSA) is 86.6 Å². The number of nitrogens with one attached hydrogen (secondary N) is 1. The number of aliphatic hydroxyl groups is 2. The number of anilines is 1. The lowest BCUT2D eigenvalue weighted by Crippen LogP contribution is -2.42. The number of Topliss-reactive ketones (excluding diaryl/α,β-unsaturated/α-hetero) is 1. The summed E-state index contributed by atoms with van der Waals surface area (Å²) in [5, 5.41) is 22.7. The van der Waals surface area contributed by atoms with Gasteiger partial charge in [-0.05, 0) is 35.6 Å². The van der Waals surface area contributed by atoms with Crippen LogP contribution in [0.1, 0.15) is 38.5 Å². The van der Waals surface area contributed by atoms with E-state index in [-0.39, 0.29) is 6.42 Å². The van der Waals surface area contributed by atoms with Crippen LogP contribution in [-0.2, 0) is 9.59 Å². The molecule has 2 aromatic carbocycles. The summed E-state index contributed by atoms with van der Waals surface area (Å²) in [5.41, 5.74) is 2.55. The van der Waals surface area contributed by atoms with E-state index in [0.717, 1.165) is 24.0 Å². The smallest absolute Gasteiger partial charge is 0.256 e. The van der Waals surface area contributed by atoms with Crippen molar-refractivity contribution in [2.45, 2.75) is 50.7 Å². The molecule has 1 aliphatic carbocycles. The first-order chi connectivity index (χ1) is 13.5. The highest BCUT2D eigenvalue weighted by molar-refractivity contribution is 5.99. The van der Waals surface area contributed by atoms with Gasteiger partial charge in [-0.1, -0.05) is 68.1 Å². The number of aliphatic hydroxyl groups excluding tert-OH is 2. The molecule has 0 bridgehead atoms. The Labute approximate surface area is 165 Å². The molecule has 0 heterocycles. The predicted molar refractivity (Wildman–Crippen MR) is 109 cm³/mol. The summed E-state index contributed by atoms with van der Waals surface area (Å²) >= 11 is 0. The van der Waals surface area contributed by atoms with Gasteiger partial charge >= 0.3 is 0 Å². The van der Waals surface area contributed by atoms with E-state index >= 15 is 0 Å². The number of amides is 1. The zero-order valence-electron chi connectivity index (χ0n) is 15.9. The van der Waals surface area contributed by atoms with Gasteiger partial charge in [0, 0.05) is 12.1 Å². The van der Waals surface area contributed by atoms with Crippen LogP contribution in [0.5, 0.6) is 0 Å². The van der Waals surface area contributed by atoms with Crippen LogP contribution in [-0.4, -0.2) is 34.1 Å². The van der Waals surface area contributed by atoms with Gasteiger partial charge in [-0.15, -0.1) is 0 Å². The van der Waals surface area contributed by atoms with Crippen LogP contribution >= 0.6 is 0 Å². The van der Waals surface area contributed by atoms with Crippen molar-refractivity contribution in [3.8, 4) is 11.1 Å². The van der Waals surface area contributed by atoms with Crippen LogP contribution in [0.25, 0.3) is 11.1 Å². The van der Waals surface area contributed by atoms with Gasteiger partial charge in [0.15, 0.2) is 11.9 Å². The van der Waals surface area contributed by atoms with E-state index in [4.69, 9.17) is 0 Å². The van der Waals surface area contributed by atoms with E-state index in [1.54, 1.807) is 12.1 Å². The molecule has 0 spiro atoms. The summed E-state index contributed by atoms with van der Waals surface area (Å²) in [5.74, 6) is -0.742. The second-order valence-electron chi connectivity index (χ2n) is 7.48. The molecule has 28 heavy (non-hydrogen) atoms. The highest BCUT2D eigenvalue weighted by atomic mass is 16.3. The van der Waals surface area contributed by atoms with Gasteiger partial charge in [-0.3, -0.25) is 9.59 Å². The largest absolute Gasteiger partial charge is 0.382 e. The molecule has 0 unspecified atom stereocenters. The van der Waals surface area contributed by atoms with Crippen molar-refractivity contribution in [3.05, 3.63) is 54.6 Å². The highest BCUT2D eigenvalue weighted by Gasteiger charge is 2.30. The summed E-state index contributed by atoms with van der Waals surface area (Å²) in [6.45, 7) is 0. The molecule has 0 aliphatic heterocycles. The highest BCUT2D eigenvalue weighted by Crippen LogP contribution is 2.28. The van der Waals surface area contributed by atoms with Gasteiger partial charge in [0.05, 0.1) is 0 Å². The number of hydrogen-bond donors (Lipinski definition) is 3. The minimum absolute atomic E-state index is 0.196. The third-order valence-corrected chi connectivity index (χ3v) is 5.43. The minimum atomic E-state index is -1.77. The van der Waals surface area contributed by atoms with Crippen LogP contribution in [0, 0.1) is 5.92 Å². The van der Waals surface area contributed by atoms with Crippen LogP contribution < -0.4 is 5.32 Å². The van der Waals surface area contributed by atoms with Gasteiger partial charge in [0.2, 0.25) is 0 Å². The fourth-order valence-corrected chi connectivity index (χ4v) is 3.71. The number of benzene rings is 2. The van der Waals surface area contributed by atoms with Crippen LogP contribution in [0.3, 0.4) is 0 Å². The quantitative estimate of drug-likeness (QED) is 0.653. The molecule has 5 nitrogen and oxygen atoms in total. The lowest BCUT2D eigenvalue weighted by Gasteiger charge is -2.17. The Balaban J connectivity index is 1.52. The average molecular weight is 381 g/mol. The van der Waals surface area contributed by atoms with Crippen molar-refractivity contribution in [1.82, 2.24) is 0 Å². The molecule has 0 saturated heterocycles. The molecule has 0 aromatic heterocycles. The van der Waals surface area contributed by atoms with E-state index in [2.05, 4.69) is 5.32 Å². The maximum Gasteiger partial charge on any atom is 0.256 e. The van der Waals surface area contributed by atoms with Crippen LogP contribution in [0.4, 0.5) is 5.69 Å². The molecule has 3 N–H and O–H groups in total. The first-order valence-corrected chi connectivity index (χ1v) is 9.90. The Bertz CT molecular complexity index is 782. The summed E-state index contributed by atoms with van der Waals surface area (Å²) in [7, 11) is 0. The number of hydrogen-bond acceptors (Lipinski definition) is 4. The predicted octanol–water partition coefficient (Wildman–Crippen LogP) is 3.55. The maximum absolute atomic E-state index is 12.2. The van der Waals surface area contributed by atoms with E-state index < -0.39 is 23.9 Å². The Hall–Kier alpha value is -2.50. The number of carbonyl (C=O) groups is 2. The van der Waals surface area contributed by atoms with Gasteiger partial charge in [-0.2, -0.15) is 0 Å². The molecule has 5 heteroatoms. The summed E-state index contributed by atoms with van der Waals surface area (Å²) < 4.78 is 0. The van der Waals surface area contributed by atoms with Crippen molar-refractivity contribution in [3.63, 3.8) is 0 Å². The first-order valence-electron chi connectivity index (χ1n) is 9.90. The summed E-state index contributed by atoms with van der Waals surface area (Å²) in [6.07, 6.45) is 2.06. The molecular weight excluding hydrogens is 354 g/mol. The first kappa shape index (κ1) is 20.2. The van der Waals surface area contributed by atoms with Crippen molar-refractivity contribution in [2.75, 3.05) is 5.32 Å². The third kappa shape index (κ3) is 5.27. The number of carbonyl (C=O) groups excluding carboxylic acids is 2. The van der Waals surface area contributed by atoms with Crippen molar-refractivity contribution < 1.29 is 19.8 Å². The van der Waals surface area contributed by atoms with E-state index in [1.165, 1.54) is 12.8 Å². The molecule has 2 aromatic rings. The molecule has 3 rings (SSSR count). The molecule has 148 valence electrons. The van der Waals surface area contributed by atoms with Gasteiger partial charge < -0.3 is 15.5 Å². The molecule has 0 radical (unpaired) electrons. The Morgan fingerprint density at radius 1 is 0.893 bits per heavy atom. The zero-order valence-corrected chi connectivity index (χ0v) is 15.9. The van der Waals surface area contributed by atoms with Crippen LogP contribution in [0.15, 0.2) is 54.6 Å². The molecular formula is C23H27NO4. The summed E-state index contributed by atoms with van der Waals surface area (Å²) in [4.78, 5) is 24.3. The molecule has 1 amide bonds. The Morgan fingerprint density at radius 2 is 1.50 bits per heavy atom. The molecule has 1 aliphatic rings. The third-order valence-electron chi connectivity index (χ3n) is 5.43. The molecule has 2 atom stereocenters. The fourth-order valence-electron chi connectivity index (χ4n) is 3.71. The minimum Gasteiger partial charge on any atom is -0.382 e. The van der Waals surface area contributed by atoms with Gasteiger partial charge in [0.1, 0.15) is 6.10 Å². The summed E-state index contributed by atoms with van der Waals surface area (Å²) in [6, 6.07) is 17.0.